The van der Waals surface area contributed by atoms with Crippen LogP contribution in [0.25, 0.3) is 0 Å². The average Bonchev–Trinajstić information content (AvgIpc) is 3.05. The zero-order valence-corrected chi connectivity index (χ0v) is 13.3. The van der Waals surface area contributed by atoms with Crippen LogP contribution >= 0.6 is 0 Å². The van der Waals surface area contributed by atoms with Gasteiger partial charge in [-0.15, -0.1) is 0 Å². The SMILES string of the molecule is CCN(CC(F)(F)F)C(=O)[C@@H]1CCCN(C(=O)[C@H]2CCCO2)C1. The van der Waals surface area contributed by atoms with E-state index in [1.165, 1.54) is 6.92 Å². The topological polar surface area (TPSA) is 49.9 Å². The molecular formula is C15H23F3N2O3. The van der Waals surface area contributed by atoms with Crippen molar-refractivity contribution in [3.8, 4) is 0 Å². The smallest absolute Gasteiger partial charge is 0.368 e. The zero-order chi connectivity index (χ0) is 17.0. The van der Waals surface area contributed by atoms with Crippen LogP contribution in [-0.4, -0.2) is 66.7 Å². The number of ether oxygens (including phenoxy) is 1. The lowest BCUT2D eigenvalue weighted by Crippen LogP contribution is -2.50. The molecule has 0 unspecified atom stereocenters. The molecule has 2 atom stereocenters. The molecule has 0 bridgehead atoms. The minimum Gasteiger partial charge on any atom is -0.368 e. The molecule has 2 fully saturated rings. The summed E-state index contributed by atoms with van der Waals surface area (Å²) in [5.41, 5.74) is 0. The van der Waals surface area contributed by atoms with Gasteiger partial charge in [0, 0.05) is 26.2 Å². The first-order valence-electron chi connectivity index (χ1n) is 8.07. The Morgan fingerprint density at radius 3 is 2.57 bits per heavy atom. The molecule has 0 aromatic rings. The molecular weight excluding hydrogens is 313 g/mol. The van der Waals surface area contributed by atoms with Gasteiger partial charge in [-0.3, -0.25) is 9.59 Å². The lowest BCUT2D eigenvalue weighted by molar-refractivity contribution is -0.165. The lowest BCUT2D eigenvalue weighted by Gasteiger charge is -2.35. The van der Waals surface area contributed by atoms with Crippen LogP contribution in [0.5, 0.6) is 0 Å². The summed E-state index contributed by atoms with van der Waals surface area (Å²) in [6.45, 7) is 1.58. The van der Waals surface area contributed by atoms with E-state index >= 15 is 0 Å². The third kappa shape index (κ3) is 4.83. The van der Waals surface area contributed by atoms with Crippen molar-refractivity contribution in [2.75, 3.05) is 32.8 Å². The number of hydrogen-bond acceptors (Lipinski definition) is 3. The lowest BCUT2D eigenvalue weighted by atomic mass is 9.95. The molecule has 23 heavy (non-hydrogen) atoms. The van der Waals surface area contributed by atoms with Gasteiger partial charge in [-0.25, -0.2) is 0 Å². The van der Waals surface area contributed by atoms with Crippen molar-refractivity contribution in [3.05, 3.63) is 0 Å². The number of rotatable bonds is 4. The first-order chi connectivity index (χ1) is 10.8. The molecule has 0 aliphatic carbocycles. The van der Waals surface area contributed by atoms with E-state index in [0.29, 0.717) is 32.4 Å². The Balaban J connectivity index is 1.96. The number of alkyl halides is 3. The van der Waals surface area contributed by atoms with Crippen molar-refractivity contribution in [2.45, 2.75) is 44.9 Å². The van der Waals surface area contributed by atoms with E-state index in [9.17, 15) is 22.8 Å². The molecule has 0 radical (unpaired) electrons. The van der Waals surface area contributed by atoms with Gasteiger partial charge in [0.05, 0.1) is 5.92 Å². The molecule has 8 heteroatoms. The first-order valence-corrected chi connectivity index (χ1v) is 8.07. The number of amides is 2. The number of piperidine rings is 1. The Morgan fingerprint density at radius 1 is 1.26 bits per heavy atom. The minimum atomic E-state index is -4.41. The van der Waals surface area contributed by atoms with Crippen LogP contribution < -0.4 is 0 Å². The van der Waals surface area contributed by atoms with E-state index in [4.69, 9.17) is 4.74 Å². The van der Waals surface area contributed by atoms with Gasteiger partial charge in [-0.2, -0.15) is 13.2 Å². The fraction of sp³-hybridized carbons (Fsp3) is 0.867. The van der Waals surface area contributed by atoms with Crippen molar-refractivity contribution in [3.63, 3.8) is 0 Å². The Hall–Kier alpha value is -1.31. The first kappa shape index (κ1) is 18.0. The van der Waals surface area contributed by atoms with Gasteiger partial charge in [0.15, 0.2) is 0 Å². The highest BCUT2D eigenvalue weighted by molar-refractivity contribution is 5.83. The van der Waals surface area contributed by atoms with Crippen molar-refractivity contribution < 1.29 is 27.5 Å². The summed E-state index contributed by atoms with van der Waals surface area (Å²) < 4.78 is 43.0. The summed E-state index contributed by atoms with van der Waals surface area (Å²) >= 11 is 0. The van der Waals surface area contributed by atoms with Gasteiger partial charge in [-0.1, -0.05) is 0 Å². The van der Waals surface area contributed by atoms with E-state index in [2.05, 4.69) is 0 Å². The largest absolute Gasteiger partial charge is 0.406 e. The highest BCUT2D eigenvalue weighted by Crippen LogP contribution is 2.24. The van der Waals surface area contributed by atoms with Crippen LogP contribution in [0, 0.1) is 5.92 Å². The molecule has 132 valence electrons. The highest BCUT2D eigenvalue weighted by atomic mass is 19.4. The number of carbonyl (C=O) groups excluding carboxylic acids is 2. The van der Waals surface area contributed by atoms with Crippen molar-refractivity contribution in [1.29, 1.82) is 0 Å². The van der Waals surface area contributed by atoms with Gasteiger partial charge in [0.2, 0.25) is 5.91 Å². The molecule has 2 aliphatic rings. The molecule has 2 rings (SSSR count). The van der Waals surface area contributed by atoms with E-state index in [0.717, 1.165) is 11.3 Å². The summed E-state index contributed by atoms with van der Waals surface area (Å²) in [4.78, 5) is 27.1. The summed E-state index contributed by atoms with van der Waals surface area (Å²) in [6, 6.07) is 0. The molecule has 5 nitrogen and oxygen atoms in total. The van der Waals surface area contributed by atoms with Crippen molar-refractivity contribution >= 4 is 11.8 Å². The molecule has 2 amide bonds. The Labute approximate surface area is 133 Å². The number of carbonyl (C=O) groups is 2. The van der Waals surface area contributed by atoms with Crippen LogP contribution in [0.15, 0.2) is 0 Å². The normalized spacial score (nSPS) is 25.5. The van der Waals surface area contributed by atoms with Gasteiger partial charge < -0.3 is 14.5 Å². The molecule has 2 heterocycles. The Kier molecular flexibility index (Phi) is 5.89. The van der Waals surface area contributed by atoms with Gasteiger partial charge in [0.25, 0.3) is 5.91 Å². The second-order valence-electron chi connectivity index (χ2n) is 6.09. The van der Waals surface area contributed by atoms with Gasteiger partial charge >= 0.3 is 6.18 Å². The minimum absolute atomic E-state index is 0.00846. The summed E-state index contributed by atoms with van der Waals surface area (Å²) in [6.07, 6.45) is -2.22. The van der Waals surface area contributed by atoms with Crippen molar-refractivity contribution in [1.82, 2.24) is 9.80 Å². The third-order valence-electron chi connectivity index (χ3n) is 4.35. The molecule has 0 spiro atoms. The van der Waals surface area contributed by atoms with Crippen LogP contribution in [-0.2, 0) is 14.3 Å². The van der Waals surface area contributed by atoms with Crippen LogP contribution in [0.4, 0.5) is 13.2 Å². The Bertz CT molecular complexity index is 436. The predicted octanol–water partition coefficient (Wildman–Crippen LogP) is 1.81. The zero-order valence-electron chi connectivity index (χ0n) is 13.3. The number of halogens is 3. The summed E-state index contributed by atoms with van der Waals surface area (Å²) in [5, 5.41) is 0. The highest BCUT2D eigenvalue weighted by Gasteiger charge is 2.38. The molecule has 0 N–H and O–H groups in total. The van der Waals surface area contributed by atoms with Crippen LogP contribution in [0.3, 0.4) is 0 Å². The molecule has 0 aromatic carbocycles. The fourth-order valence-electron chi connectivity index (χ4n) is 3.18. The predicted molar refractivity (Wildman–Crippen MR) is 76.6 cm³/mol. The van der Waals surface area contributed by atoms with E-state index in [-0.39, 0.29) is 19.0 Å². The average molecular weight is 336 g/mol. The standard InChI is InChI=1S/C15H23F3N2O3/c1-2-19(10-15(16,17)18)13(21)11-5-3-7-20(9-11)14(22)12-6-4-8-23-12/h11-12H,2-10H2,1H3/t11-,12-/m1/s1. The number of likely N-dealkylation sites (tertiary alicyclic amines) is 1. The molecule has 2 aliphatic heterocycles. The molecule has 0 aromatic heterocycles. The quantitative estimate of drug-likeness (QED) is 0.787. The monoisotopic (exact) mass is 336 g/mol. The maximum Gasteiger partial charge on any atom is 0.406 e. The maximum atomic E-state index is 12.6. The summed E-state index contributed by atoms with van der Waals surface area (Å²) in [7, 11) is 0. The fourth-order valence-corrected chi connectivity index (χ4v) is 3.18. The summed E-state index contributed by atoms with van der Waals surface area (Å²) in [5.74, 6) is -1.22. The second kappa shape index (κ2) is 7.51. The third-order valence-corrected chi connectivity index (χ3v) is 4.35. The van der Waals surface area contributed by atoms with E-state index in [1.54, 1.807) is 4.90 Å². The Morgan fingerprint density at radius 2 is 2.00 bits per heavy atom. The van der Waals surface area contributed by atoms with Crippen molar-refractivity contribution in [2.24, 2.45) is 5.92 Å². The number of hydrogen-bond donors (Lipinski definition) is 0. The van der Waals surface area contributed by atoms with Crippen LogP contribution in [0.1, 0.15) is 32.6 Å². The molecule has 0 saturated carbocycles. The molecule has 2 saturated heterocycles. The maximum absolute atomic E-state index is 12.6. The van der Waals surface area contributed by atoms with Gasteiger partial charge in [-0.05, 0) is 32.6 Å². The van der Waals surface area contributed by atoms with E-state index < -0.39 is 30.7 Å². The van der Waals surface area contributed by atoms with E-state index in [1.807, 2.05) is 0 Å². The second-order valence-corrected chi connectivity index (χ2v) is 6.09. The van der Waals surface area contributed by atoms with Gasteiger partial charge in [0.1, 0.15) is 12.6 Å². The number of nitrogens with zero attached hydrogens (tertiary/aromatic N) is 2. The van der Waals surface area contributed by atoms with Crippen LogP contribution in [0.2, 0.25) is 0 Å².